The summed E-state index contributed by atoms with van der Waals surface area (Å²) in [4.78, 5) is 3.33. The van der Waals surface area contributed by atoms with E-state index in [-0.39, 0.29) is 0 Å². The van der Waals surface area contributed by atoms with Crippen LogP contribution in [0.15, 0.2) is 24.3 Å². The van der Waals surface area contributed by atoms with Crippen molar-refractivity contribution in [3.63, 3.8) is 0 Å². The molecular formula is C11H13NO. The molecule has 0 heterocycles. The molecule has 68 valence electrons. The first-order valence-corrected chi connectivity index (χ1v) is 4.27. The third kappa shape index (κ3) is 3.27. The van der Waals surface area contributed by atoms with E-state index in [2.05, 4.69) is 10.9 Å². The molecular weight excluding hydrogens is 162 g/mol. The van der Waals surface area contributed by atoms with Gasteiger partial charge in [-0.2, -0.15) is 0 Å². The van der Waals surface area contributed by atoms with E-state index >= 15 is 0 Å². The van der Waals surface area contributed by atoms with Gasteiger partial charge in [0.25, 0.3) is 0 Å². The van der Waals surface area contributed by atoms with E-state index in [0.717, 1.165) is 6.42 Å². The lowest BCUT2D eigenvalue weighted by Gasteiger charge is -2.01. The molecule has 1 rings (SSSR count). The molecule has 0 bridgehead atoms. The molecule has 0 spiro atoms. The van der Waals surface area contributed by atoms with Crippen molar-refractivity contribution in [3.8, 4) is 0 Å². The molecule has 0 atom stereocenters. The Bertz CT molecular complexity index is 301. The maximum Gasteiger partial charge on any atom is 0.218 e. The zero-order chi connectivity index (χ0) is 9.52. The predicted octanol–water partition coefficient (Wildman–Crippen LogP) is 2.29. The second-order valence-corrected chi connectivity index (χ2v) is 2.88. The molecule has 0 aliphatic carbocycles. The Morgan fingerprint density at radius 1 is 1.38 bits per heavy atom. The van der Waals surface area contributed by atoms with Gasteiger partial charge in [-0.1, -0.05) is 24.3 Å². The van der Waals surface area contributed by atoms with Gasteiger partial charge in [0, 0.05) is 13.5 Å². The summed E-state index contributed by atoms with van der Waals surface area (Å²) < 4.78 is 5.03. The second kappa shape index (κ2) is 5.34. The van der Waals surface area contributed by atoms with Crippen molar-refractivity contribution in [3.05, 3.63) is 46.8 Å². The Hall–Kier alpha value is -1.33. The van der Waals surface area contributed by atoms with Crippen molar-refractivity contribution in [2.24, 2.45) is 0 Å². The number of methoxy groups -OCH3 is 1. The van der Waals surface area contributed by atoms with Gasteiger partial charge in [0.1, 0.15) is 0 Å². The molecule has 13 heavy (non-hydrogen) atoms. The van der Waals surface area contributed by atoms with Crippen molar-refractivity contribution >= 4 is 0 Å². The lowest BCUT2D eigenvalue weighted by atomic mass is 10.1. The SMILES string of the molecule is [C-]#[N+]CCc1cccc(COC)c1. The molecule has 0 radical (unpaired) electrons. The summed E-state index contributed by atoms with van der Waals surface area (Å²) in [5.74, 6) is 0. The van der Waals surface area contributed by atoms with Crippen LogP contribution < -0.4 is 0 Å². The number of nitrogens with zero attached hydrogens (tertiary/aromatic N) is 1. The zero-order valence-corrected chi connectivity index (χ0v) is 7.79. The average Bonchev–Trinajstić information content (AvgIpc) is 2.16. The first-order chi connectivity index (χ1) is 6.36. The minimum Gasteiger partial charge on any atom is -0.380 e. The van der Waals surface area contributed by atoms with Gasteiger partial charge in [-0.15, -0.1) is 0 Å². The van der Waals surface area contributed by atoms with Gasteiger partial charge in [0.15, 0.2) is 0 Å². The molecule has 0 aliphatic heterocycles. The molecule has 0 fully saturated rings. The van der Waals surface area contributed by atoms with Crippen molar-refractivity contribution in [1.82, 2.24) is 0 Å². The van der Waals surface area contributed by atoms with Gasteiger partial charge in [-0.3, -0.25) is 0 Å². The summed E-state index contributed by atoms with van der Waals surface area (Å²) in [5.41, 5.74) is 2.38. The summed E-state index contributed by atoms with van der Waals surface area (Å²) in [5, 5.41) is 0. The van der Waals surface area contributed by atoms with Crippen LogP contribution in [0.4, 0.5) is 0 Å². The van der Waals surface area contributed by atoms with Crippen LogP contribution in [0, 0.1) is 6.57 Å². The third-order valence-corrected chi connectivity index (χ3v) is 1.81. The molecule has 0 aliphatic rings. The summed E-state index contributed by atoms with van der Waals surface area (Å²) in [6.07, 6.45) is 0.834. The minimum absolute atomic E-state index is 0.566. The molecule has 1 aromatic carbocycles. The van der Waals surface area contributed by atoms with Crippen LogP contribution in [-0.4, -0.2) is 13.7 Å². The van der Waals surface area contributed by atoms with Crippen molar-refractivity contribution in [1.29, 1.82) is 0 Å². The number of benzene rings is 1. The number of hydrogen-bond acceptors (Lipinski definition) is 1. The fraction of sp³-hybridized carbons (Fsp3) is 0.364. The van der Waals surface area contributed by atoms with Crippen molar-refractivity contribution in [2.45, 2.75) is 13.0 Å². The van der Waals surface area contributed by atoms with E-state index in [4.69, 9.17) is 11.3 Å². The molecule has 1 aromatic rings. The molecule has 0 amide bonds. The van der Waals surface area contributed by atoms with Crippen LogP contribution in [0.5, 0.6) is 0 Å². The van der Waals surface area contributed by atoms with Gasteiger partial charge in [0.05, 0.1) is 6.61 Å². The lowest BCUT2D eigenvalue weighted by Crippen LogP contribution is -1.92. The Morgan fingerprint density at radius 3 is 2.85 bits per heavy atom. The van der Waals surface area contributed by atoms with E-state index in [1.807, 2.05) is 18.2 Å². The number of rotatable bonds is 4. The predicted molar refractivity (Wildman–Crippen MR) is 52.3 cm³/mol. The van der Waals surface area contributed by atoms with E-state index in [1.165, 1.54) is 11.1 Å². The van der Waals surface area contributed by atoms with Gasteiger partial charge in [-0.25, -0.2) is 6.57 Å². The molecule has 0 saturated carbocycles. The van der Waals surface area contributed by atoms with E-state index in [9.17, 15) is 0 Å². The van der Waals surface area contributed by atoms with Gasteiger partial charge < -0.3 is 9.58 Å². The van der Waals surface area contributed by atoms with Crippen LogP contribution in [0.1, 0.15) is 11.1 Å². The summed E-state index contributed by atoms with van der Waals surface area (Å²) >= 11 is 0. The van der Waals surface area contributed by atoms with Crippen LogP contribution in [0.25, 0.3) is 4.85 Å². The third-order valence-electron chi connectivity index (χ3n) is 1.81. The normalized spacial score (nSPS) is 9.54. The fourth-order valence-electron chi connectivity index (χ4n) is 1.23. The van der Waals surface area contributed by atoms with Crippen LogP contribution >= 0.6 is 0 Å². The summed E-state index contributed by atoms with van der Waals surface area (Å²) in [7, 11) is 1.69. The highest BCUT2D eigenvalue weighted by Crippen LogP contribution is 2.07. The Balaban J connectivity index is 2.63. The first-order valence-electron chi connectivity index (χ1n) is 4.27. The van der Waals surface area contributed by atoms with Gasteiger partial charge in [0.2, 0.25) is 6.54 Å². The summed E-state index contributed by atoms with van der Waals surface area (Å²) in [6, 6.07) is 8.18. The highest BCUT2D eigenvalue weighted by Gasteiger charge is 1.96. The number of ether oxygens (including phenoxy) is 1. The minimum atomic E-state index is 0.566. The largest absolute Gasteiger partial charge is 0.380 e. The molecule has 0 unspecified atom stereocenters. The monoisotopic (exact) mass is 175 g/mol. The highest BCUT2D eigenvalue weighted by atomic mass is 16.5. The van der Waals surface area contributed by atoms with E-state index < -0.39 is 0 Å². The molecule has 2 nitrogen and oxygen atoms in total. The standard InChI is InChI=1S/C11H13NO/c1-12-7-6-10-4-3-5-11(8-10)9-13-2/h3-5,8H,6-7,9H2,2H3. The van der Waals surface area contributed by atoms with Crippen LogP contribution in [-0.2, 0) is 17.8 Å². The van der Waals surface area contributed by atoms with Crippen LogP contribution in [0.2, 0.25) is 0 Å². The maximum atomic E-state index is 6.69. The van der Waals surface area contributed by atoms with Crippen molar-refractivity contribution < 1.29 is 4.74 Å². The second-order valence-electron chi connectivity index (χ2n) is 2.88. The van der Waals surface area contributed by atoms with E-state index in [1.54, 1.807) is 7.11 Å². The topological polar surface area (TPSA) is 13.6 Å². The van der Waals surface area contributed by atoms with Gasteiger partial charge >= 0.3 is 0 Å². The Labute approximate surface area is 79.0 Å². The van der Waals surface area contributed by atoms with Crippen LogP contribution in [0.3, 0.4) is 0 Å². The fourth-order valence-corrected chi connectivity index (χ4v) is 1.23. The zero-order valence-electron chi connectivity index (χ0n) is 7.79. The highest BCUT2D eigenvalue weighted by molar-refractivity contribution is 5.23. The molecule has 0 N–H and O–H groups in total. The van der Waals surface area contributed by atoms with Gasteiger partial charge in [-0.05, 0) is 11.1 Å². The van der Waals surface area contributed by atoms with Crippen molar-refractivity contribution in [2.75, 3.05) is 13.7 Å². The Morgan fingerprint density at radius 2 is 2.15 bits per heavy atom. The number of hydrogen-bond donors (Lipinski definition) is 0. The quantitative estimate of drug-likeness (QED) is 0.640. The van der Waals surface area contributed by atoms with E-state index in [0.29, 0.717) is 13.2 Å². The average molecular weight is 175 g/mol. The first kappa shape index (κ1) is 9.76. The maximum absolute atomic E-state index is 6.69. The summed E-state index contributed by atoms with van der Waals surface area (Å²) in [6.45, 7) is 7.90. The molecule has 2 heteroatoms. The molecule has 0 saturated heterocycles. The lowest BCUT2D eigenvalue weighted by molar-refractivity contribution is 0.185. The molecule has 0 aromatic heterocycles. The smallest absolute Gasteiger partial charge is 0.218 e. The Kier molecular flexibility index (Phi) is 4.01.